The Balaban J connectivity index is 1.69. The smallest absolute Gasteiger partial charge is 0.338 e. The van der Waals surface area contributed by atoms with Crippen molar-refractivity contribution in [3.8, 4) is 11.5 Å². The number of rotatable bonds is 8. The monoisotopic (exact) mass is 472 g/mol. The lowest BCUT2D eigenvalue weighted by atomic mass is 9.94. The van der Waals surface area contributed by atoms with E-state index < -0.39 is 12.0 Å². The predicted octanol–water partition coefficient (Wildman–Crippen LogP) is 5.38. The van der Waals surface area contributed by atoms with Gasteiger partial charge in [-0.25, -0.2) is 9.59 Å². The number of nitrogens with one attached hydrogen (secondary N) is 1. The molecule has 1 heterocycles. The van der Waals surface area contributed by atoms with Crippen LogP contribution in [0.25, 0.3) is 0 Å². The van der Waals surface area contributed by atoms with Crippen molar-refractivity contribution in [2.45, 2.75) is 26.5 Å². The summed E-state index contributed by atoms with van der Waals surface area (Å²) in [5.41, 5.74) is 3.23. The summed E-state index contributed by atoms with van der Waals surface area (Å²) >= 11 is 0. The minimum atomic E-state index is -0.710. The Morgan fingerprint density at radius 3 is 2.31 bits per heavy atom. The average molecular weight is 473 g/mol. The second kappa shape index (κ2) is 10.8. The van der Waals surface area contributed by atoms with Gasteiger partial charge in [-0.3, -0.25) is 4.90 Å². The summed E-state index contributed by atoms with van der Waals surface area (Å²) in [6.07, 6.45) is 0. The van der Waals surface area contributed by atoms with Crippen LogP contribution in [0, 0.1) is 0 Å². The zero-order valence-corrected chi connectivity index (χ0v) is 20.0. The van der Waals surface area contributed by atoms with Crippen molar-refractivity contribution in [3.63, 3.8) is 0 Å². The third kappa shape index (κ3) is 5.14. The van der Waals surface area contributed by atoms with Crippen LogP contribution < -0.4 is 19.7 Å². The van der Waals surface area contributed by atoms with Crippen LogP contribution in [-0.2, 0) is 16.1 Å². The zero-order chi connectivity index (χ0) is 24.8. The van der Waals surface area contributed by atoms with Gasteiger partial charge >= 0.3 is 12.0 Å². The highest BCUT2D eigenvalue weighted by molar-refractivity contribution is 6.03. The Kier molecular flexibility index (Phi) is 7.35. The van der Waals surface area contributed by atoms with Crippen molar-refractivity contribution in [1.29, 1.82) is 0 Å². The summed E-state index contributed by atoms with van der Waals surface area (Å²) in [7, 11) is 1.55. The van der Waals surface area contributed by atoms with E-state index in [-0.39, 0.29) is 12.6 Å². The average Bonchev–Trinajstić information content (AvgIpc) is 2.88. The highest BCUT2D eigenvalue weighted by Crippen LogP contribution is 2.37. The van der Waals surface area contributed by atoms with Crippen molar-refractivity contribution < 1.29 is 23.8 Å². The molecular formula is C28H28N2O5. The predicted molar refractivity (Wildman–Crippen MR) is 133 cm³/mol. The maximum Gasteiger partial charge on any atom is 0.338 e. The number of esters is 1. The molecule has 3 aromatic carbocycles. The van der Waals surface area contributed by atoms with Crippen molar-refractivity contribution in [1.82, 2.24) is 5.32 Å². The molecule has 180 valence electrons. The Bertz CT molecular complexity index is 1220. The molecule has 0 bridgehead atoms. The normalized spacial score (nSPS) is 15.5. The van der Waals surface area contributed by atoms with Gasteiger partial charge in [0.05, 0.1) is 31.0 Å². The standard InChI is InChI=1S/C28H28N2O5/c1-4-34-27(31)25-19(2)30(22-13-9-6-10-14-22)28(32)29-26(25)21-15-16-23(24(17-21)33-3)35-18-20-11-7-5-8-12-20/h5-17,26H,4,18H2,1-3H3,(H,29,32)/t26-/m1/s1. The first kappa shape index (κ1) is 23.9. The number of allylic oxidation sites excluding steroid dienone is 1. The Labute approximate surface area is 204 Å². The lowest BCUT2D eigenvalue weighted by Crippen LogP contribution is -2.48. The molecule has 1 atom stereocenters. The number of anilines is 1. The number of nitrogens with zero attached hydrogens (tertiary/aromatic N) is 1. The van der Waals surface area contributed by atoms with E-state index in [4.69, 9.17) is 14.2 Å². The van der Waals surface area contributed by atoms with Gasteiger partial charge in [0.1, 0.15) is 6.61 Å². The molecule has 1 N–H and O–H groups in total. The van der Waals surface area contributed by atoms with E-state index >= 15 is 0 Å². The molecule has 0 fully saturated rings. The van der Waals surface area contributed by atoms with Gasteiger partial charge in [-0.1, -0.05) is 54.6 Å². The fourth-order valence-corrected chi connectivity index (χ4v) is 4.07. The van der Waals surface area contributed by atoms with E-state index in [9.17, 15) is 9.59 Å². The summed E-state index contributed by atoms with van der Waals surface area (Å²) < 4.78 is 16.9. The number of hydrogen-bond acceptors (Lipinski definition) is 5. The van der Waals surface area contributed by atoms with E-state index in [1.54, 1.807) is 33.1 Å². The molecule has 0 aliphatic carbocycles. The maximum absolute atomic E-state index is 13.2. The molecular weight excluding hydrogens is 444 g/mol. The van der Waals surface area contributed by atoms with Crippen molar-refractivity contribution >= 4 is 17.7 Å². The molecule has 0 unspecified atom stereocenters. The van der Waals surface area contributed by atoms with Gasteiger partial charge in [0.2, 0.25) is 0 Å². The summed E-state index contributed by atoms with van der Waals surface area (Å²) in [5, 5.41) is 2.96. The van der Waals surface area contributed by atoms with E-state index in [1.165, 1.54) is 4.90 Å². The van der Waals surface area contributed by atoms with Gasteiger partial charge in [0.15, 0.2) is 11.5 Å². The van der Waals surface area contributed by atoms with E-state index in [0.717, 1.165) is 5.56 Å². The SMILES string of the molecule is CCOC(=O)C1=C(C)N(c2ccccc2)C(=O)N[C@@H]1c1ccc(OCc2ccccc2)c(OC)c1. The molecule has 7 heteroatoms. The van der Waals surface area contributed by atoms with Crippen molar-refractivity contribution in [3.05, 3.63) is 101 Å². The maximum atomic E-state index is 13.2. The number of methoxy groups -OCH3 is 1. The molecule has 0 radical (unpaired) electrons. The summed E-state index contributed by atoms with van der Waals surface area (Å²) in [4.78, 5) is 27.7. The van der Waals surface area contributed by atoms with E-state index in [0.29, 0.717) is 40.6 Å². The van der Waals surface area contributed by atoms with Crippen LogP contribution in [0.4, 0.5) is 10.5 Å². The topological polar surface area (TPSA) is 77.1 Å². The largest absolute Gasteiger partial charge is 0.493 e. The van der Waals surface area contributed by atoms with Gasteiger partial charge in [0, 0.05) is 5.70 Å². The quantitative estimate of drug-likeness (QED) is 0.445. The van der Waals surface area contributed by atoms with Crippen LogP contribution in [0.15, 0.2) is 90.1 Å². The van der Waals surface area contributed by atoms with Crippen LogP contribution in [0.3, 0.4) is 0 Å². The number of urea groups is 1. The fourth-order valence-electron chi connectivity index (χ4n) is 4.07. The molecule has 1 aliphatic rings. The minimum Gasteiger partial charge on any atom is -0.493 e. The molecule has 3 aromatic rings. The third-order valence-corrected chi connectivity index (χ3v) is 5.75. The number of hydrogen-bond donors (Lipinski definition) is 1. The summed E-state index contributed by atoms with van der Waals surface area (Å²) in [6, 6.07) is 23.3. The lowest BCUT2D eigenvalue weighted by Gasteiger charge is -2.35. The van der Waals surface area contributed by atoms with Crippen LogP contribution in [0.2, 0.25) is 0 Å². The molecule has 4 rings (SSSR count). The third-order valence-electron chi connectivity index (χ3n) is 5.75. The van der Waals surface area contributed by atoms with Crippen LogP contribution in [0.5, 0.6) is 11.5 Å². The number of amides is 2. The van der Waals surface area contributed by atoms with Gasteiger partial charge < -0.3 is 19.5 Å². The van der Waals surface area contributed by atoms with Crippen LogP contribution in [-0.4, -0.2) is 25.7 Å². The summed E-state index contributed by atoms with van der Waals surface area (Å²) in [6.45, 7) is 4.10. The Morgan fingerprint density at radius 1 is 0.971 bits per heavy atom. The molecule has 35 heavy (non-hydrogen) atoms. The van der Waals surface area contributed by atoms with E-state index in [1.807, 2.05) is 66.7 Å². The van der Waals surface area contributed by atoms with Crippen LogP contribution in [0.1, 0.15) is 31.0 Å². The van der Waals surface area contributed by atoms with Crippen molar-refractivity contribution in [2.24, 2.45) is 0 Å². The number of carbonyl (C=O) groups is 2. The number of benzene rings is 3. The highest BCUT2D eigenvalue weighted by Gasteiger charge is 2.37. The molecule has 2 amide bonds. The van der Waals surface area contributed by atoms with Gasteiger partial charge in [-0.05, 0) is 49.2 Å². The molecule has 0 spiro atoms. The minimum absolute atomic E-state index is 0.219. The molecule has 0 saturated heterocycles. The first-order valence-electron chi connectivity index (χ1n) is 11.4. The fraction of sp³-hybridized carbons (Fsp3) is 0.214. The second-order valence-corrected chi connectivity index (χ2v) is 7.96. The molecule has 7 nitrogen and oxygen atoms in total. The first-order valence-corrected chi connectivity index (χ1v) is 11.4. The van der Waals surface area contributed by atoms with Gasteiger partial charge in [-0.2, -0.15) is 0 Å². The molecule has 1 aliphatic heterocycles. The Morgan fingerprint density at radius 2 is 1.66 bits per heavy atom. The van der Waals surface area contributed by atoms with Gasteiger partial charge in [0.25, 0.3) is 0 Å². The van der Waals surface area contributed by atoms with Crippen molar-refractivity contribution in [2.75, 3.05) is 18.6 Å². The Hall–Kier alpha value is -4.26. The van der Waals surface area contributed by atoms with E-state index in [2.05, 4.69) is 5.32 Å². The highest BCUT2D eigenvalue weighted by atomic mass is 16.5. The van der Waals surface area contributed by atoms with Crippen LogP contribution >= 0.6 is 0 Å². The number of carbonyl (C=O) groups excluding carboxylic acids is 2. The number of ether oxygens (including phenoxy) is 3. The zero-order valence-electron chi connectivity index (χ0n) is 20.0. The summed E-state index contributed by atoms with van der Waals surface area (Å²) in [5.74, 6) is 0.574. The first-order chi connectivity index (χ1) is 17.0. The lowest BCUT2D eigenvalue weighted by molar-refractivity contribution is -0.139. The number of para-hydroxylation sites is 1. The second-order valence-electron chi connectivity index (χ2n) is 7.96. The molecule has 0 saturated carbocycles. The van der Waals surface area contributed by atoms with Gasteiger partial charge in [-0.15, -0.1) is 0 Å². The molecule has 0 aromatic heterocycles.